The molecule has 21 heavy (non-hydrogen) atoms. The van der Waals surface area contributed by atoms with E-state index in [0.717, 1.165) is 24.6 Å². The molecule has 2 atom stereocenters. The van der Waals surface area contributed by atoms with Crippen LogP contribution in [-0.2, 0) is 6.42 Å². The van der Waals surface area contributed by atoms with Crippen molar-refractivity contribution in [3.05, 3.63) is 29.8 Å². The molecule has 2 unspecified atom stereocenters. The van der Waals surface area contributed by atoms with E-state index in [0.29, 0.717) is 12.0 Å². The van der Waals surface area contributed by atoms with E-state index < -0.39 is 0 Å². The quantitative estimate of drug-likeness (QED) is 0.676. The summed E-state index contributed by atoms with van der Waals surface area (Å²) in [5.41, 5.74) is 1.38. The first kappa shape index (κ1) is 18.0. The van der Waals surface area contributed by atoms with Crippen molar-refractivity contribution in [2.75, 3.05) is 13.7 Å². The summed E-state index contributed by atoms with van der Waals surface area (Å²) in [6, 6.07) is 9.06. The van der Waals surface area contributed by atoms with Crippen molar-refractivity contribution in [3.63, 3.8) is 0 Å². The summed E-state index contributed by atoms with van der Waals surface area (Å²) in [7, 11) is 1.74. The van der Waals surface area contributed by atoms with Gasteiger partial charge in [0.05, 0.1) is 7.11 Å². The Balaban J connectivity index is 2.65. The van der Waals surface area contributed by atoms with Crippen LogP contribution in [0.2, 0.25) is 0 Å². The van der Waals surface area contributed by atoms with Gasteiger partial charge >= 0.3 is 0 Å². The van der Waals surface area contributed by atoms with Crippen LogP contribution in [0.15, 0.2) is 24.3 Å². The van der Waals surface area contributed by atoms with Gasteiger partial charge in [0.2, 0.25) is 0 Å². The third kappa shape index (κ3) is 7.52. The highest BCUT2D eigenvalue weighted by Crippen LogP contribution is 2.22. The van der Waals surface area contributed by atoms with E-state index in [2.05, 4.69) is 51.2 Å². The van der Waals surface area contributed by atoms with Crippen molar-refractivity contribution in [2.24, 2.45) is 11.8 Å². The van der Waals surface area contributed by atoms with Gasteiger partial charge in [0.1, 0.15) is 5.75 Å². The van der Waals surface area contributed by atoms with Gasteiger partial charge in [0, 0.05) is 6.04 Å². The lowest BCUT2D eigenvalue weighted by Crippen LogP contribution is -2.30. The van der Waals surface area contributed by atoms with Gasteiger partial charge in [-0.1, -0.05) is 52.7 Å². The van der Waals surface area contributed by atoms with Crippen molar-refractivity contribution in [2.45, 2.75) is 59.4 Å². The number of hydrogen-bond donors (Lipinski definition) is 1. The zero-order valence-electron chi connectivity index (χ0n) is 14.5. The van der Waals surface area contributed by atoms with Crippen LogP contribution in [0, 0.1) is 11.8 Å². The molecule has 0 bridgehead atoms. The van der Waals surface area contributed by atoms with E-state index in [1.165, 1.54) is 24.8 Å². The first-order valence-corrected chi connectivity index (χ1v) is 8.41. The fourth-order valence-corrected chi connectivity index (χ4v) is 2.95. The Morgan fingerprint density at radius 2 is 1.95 bits per heavy atom. The predicted molar refractivity (Wildman–Crippen MR) is 92.0 cm³/mol. The fourth-order valence-electron chi connectivity index (χ4n) is 2.95. The zero-order chi connectivity index (χ0) is 15.7. The summed E-state index contributed by atoms with van der Waals surface area (Å²) in [6.07, 6.45) is 5.04. The zero-order valence-corrected chi connectivity index (χ0v) is 14.5. The molecule has 0 amide bonds. The van der Waals surface area contributed by atoms with Gasteiger partial charge in [-0.25, -0.2) is 0 Å². The molecule has 0 saturated heterocycles. The van der Waals surface area contributed by atoms with E-state index in [9.17, 15) is 0 Å². The van der Waals surface area contributed by atoms with Crippen molar-refractivity contribution in [1.29, 1.82) is 0 Å². The summed E-state index contributed by atoms with van der Waals surface area (Å²) in [6.45, 7) is 10.2. The highest BCUT2D eigenvalue weighted by atomic mass is 16.5. The Labute approximate surface area is 131 Å². The first-order valence-electron chi connectivity index (χ1n) is 8.41. The number of ether oxygens (including phenoxy) is 1. The second-order valence-corrected chi connectivity index (χ2v) is 6.61. The molecule has 0 aliphatic carbocycles. The number of methoxy groups -OCH3 is 1. The molecule has 0 heterocycles. The molecule has 0 fully saturated rings. The van der Waals surface area contributed by atoms with Crippen LogP contribution in [0.25, 0.3) is 0 Å². The summed E-state index contributed by atoms with van der Waals surface area (Å²) < 4.78 is 5.34. The molecule has 1 rings (SSSR count). The van der Waals surface area contributed by atoms with Crippen LogP contribution in [0.5, 0.6) is 5.75 Å². The lowest BCUT2D eigenvalue weighted by Gasteiger charge is -2.23. The van der Waals surface area contributed by atoms with Crippen LogP contribution in [0.3, 0.4) is 0 Å². The van der Waals surface area contributed by atoms with Gasteiger partial charge in [-0.2, -0.15) is 0 Å². The lowest BCUT2D eigenvalue weighted by molar-refractivity contribution is 0.345. The topological polar surface area (TPSA) is 21.3 Å². The molecule has 1 N–H and O–H groups in total. The number of hydrogen-bond acceptors (Lipinski definition) is 2. The van der Waals surface area contributed by atoms with Gasteiger partial charge in [-0.05, 0) is 48.9 Å². The van der Waals surface area contributed by atoms with Crippen molar-refractivity contribution >= 4 is 0 Å². The number of benzene rings is 1. The van der Waals surface area contributed by atoms with Crippen LogP contribution in [-0.4, -0.2) is 19.7 Å². The van der Waals surface area contributed by atoms with E-state index in [1.54, 1.807) is 7.11 Å². The second kappa shape index (κ2) is 9.83. The van der Waals surface area contributed by atoms with E-state index in [4.69, 9.17) is 4.74 Å². The number of nitrogens with one attached hydrogen (secondary N) is 1. The average Bonchev–Trinajstić information content (AvgIpc) is 2.45. The molecule has 1 aromatic carbocycles. The third-order valence-electron chi connectivity index (χ3n) is 3.99. The third-order valence-corrected chi connectivity index (χ3v) is 3.99. The van der Waals surface area contributed by atoms with Gasteiger partial charge in [-0.15, -0.1) is 0 Å². The smallest absolute Gasteiger partial charge is 0.119 e. The molecule has 0 saturated carbocycles. The van der Waals surface area contributed by atoms with Crippen LogP contribution >= 0.6 is 0 Å². The Morgan fingerprint density at radius 1 is 1.19 bits per heavy atom. The molecule has 120 valence electrons. The molecular weight excluding hydrogens is 258 g/mol. The minimum atomic E-state index is 0.555. The van der Waals surface area contributed by atoms with E-state index in [1.807, 2.05) is 6.07 Å². The minimum absolute atomic E-state index is 0.555. The van der Waals surface area contributed by atoms with Crippen molar-refractivity contribution in [1.82, 2.24) is 5.32 Å². The molecule has 0 aliphatic rings. The van der Waals surface area contributed by atoms with Gasteiger partial charge in [0.25, 0.3) is 0 Å². The van der Waals surface area contributed by atoms with E-state index >= 15 is 0 Å². The summed E-state index contributed by atoms with van der Waals surface area (Å²) in [5.74, 6) is 2.46. The fraction of sp³-hybridized carbons (Fsp3) is 0.684. The lowest BCUT2D eigenvalue weighted by atomic mass is 9.88. The van der Waals surface area contributed by atoms with Gasteiger partial charge in [0.15, 0.2) is 0 Å². The minimum Gasteiger partial charge on any atom is -0.497 e. The molecule has 1 aromatic rings. The van der Waals surface area contributed by atoms with Crippen LogP contribution in [0.1, 0.15) is 52.5 Å². The largest absolute Gasteiger partial charge is 0.497 e. The number of rotatable bonds is 10. The summed E-state index contributed by atoms with van der Waals surface area (Å²) in [5, 5.41) is 3.61. The van der Waals surface area contributed by atoms with Crippen molar-refractivity contribution < 1.29 is 4.74 Å². The second-order valence-electron chi connectivity index (χ2n) is 6.61. The average molecular weight is 291 g/mol. The highest BCUT2D eigenvalue weighted by Gasteiger charge is 2.14. The molecule has 0 aromatic heterocycles. The Kier molecular flexibility index (Phi) is 8.44. The Morgan fingerprint density at radius 3 is 2.57 bits per heavy atom. The maximum Gasteiger partial charge on any atom is 0.119 e. The molecule has 0 radical (unpaired) electrons. The van der Waals surface area contributed by atoms with E-state index in [-0.39, 0.29) is 0 Å². The first-order chi connectivity index (χ1) is 10.0. The molecule has 2 nitrogen and oxygen atoms in total. The maximum atomic E-state index is 5.34. The van der Waals surface area contributed by atoms with Gasteiger partial charge in [-0.3, -0.25) is 0 Å². The van der Waals surface area contributed by atoms with Crippen LogP contribution < -0.4 is 10.1 Å². The van der Waals surface area contributed by atoms with Crippen LogP contribution in [0.4, 0.5) is 0 Å². The summed E-state index contributed by atoms with van der Waals surface area (Å²) in [4.78, 5) is 0. The Hall–Kier alpha value is -1.02. The Bertz CT molecular complexity index is 389. The molecule has 0 spiro atoms. The predicted octanol–water partition coefficient (Wildman–Crippen LogP) is 4.68. The SMILES string of the molecule is CCCC(C)CC(CNC(C)C)Cc1cccc(OC)c1. The highest BCUT2D eigenvalue weighted by molar-refractivity contribution is 5.28. The normalized spacial score (nSPS) is 14.2. The molecular formula is C19H33NO. The molecule has 0 aliphatic heterocycles. The standard InChI is InChI=1S/C19H33NO/c1-6-8-16(4)11-18(14-20-15(2)3)12-17-9-7-10-19(13-17)21-5/h7,9-10,13,15-16,18,20H,6,8,11-12,14H2,1-5H3. The molecule has 2 heteroatoms. The maximum absolute atomic E-state index is 5.34. The van der Waals surface area contributed by atoms with Gasteiger partial charge < -0.3 is 10.1 Å². The van der Waals surface area contributed by atoms with Crippen molar-refractivity contribution in [3.8, 4) is 5.75 Å². The summed E-state index contributed by atoms with van der Waals surface area (Å²) >= 11 is 0. The monoisotopic (exact) mass is 291 g/mol.